The van der Waals surface area contributed by atoms with Crippen molar-refractivity contribution in [3.63, 3.8) is 0 Å². The predicted molar refractivity (Wildman–Crippen MR) is 55.7 cm³/mol. The molecule has 0 aliphatic carbocycles. The maximum absolute atomic E-state index is 10.5. The Morgan fingerprint density at radius 3 is 1.54 bits per heavy atom. The molecule has 0 saturated carbocycles. The molecule has 80 valence electrons. The van der Waals surface area contributed by atoms with Gasteiger partial charge in [0.25, 0.3) is 0 Å². The number of rotatable bonds is 2. The van der Waals surface area contributed by atoms with E-state index in [9.17, 15) is 4.79 Å². The monoisotopic (exact) mass is 189 g/mol. The Hall–Kier alpha value is -0.570. The third-order valence-electron chi connectivity index (χ3n) is 1.74. The molecule has 0 unspecified atom stereocenters. The lowest BCUT2D eigenvalue weighted by atomic mass is 10.3. The molecule has 0 spiro atoms. The molecular weight excluding hydrogens is 166 g/mol. The number of hydrogen-bond acceptors (Lipinski definition) is 2. The van der Waals surface area contributed by atoms with Gasteiger partial charge in [-0.2, -0.15) is 0 Å². The molecule has 0 aromatic carbocycles. The van der Waals surface area contributed by atoms with Gasteiger partial charge in [0, 0.05) is 27.1 Å². The van der Waals surface area contributed by atoms with Gasteiger partial charge in [0.05, 0.1) is 6.10 Å². The second-order valence-corrected chi connectivity index (χ2v) is 3.51. The predicted octanol–water partition coefficient (Wildman–Crippen LogP) is 1.91. The van der Waals surface area contributed by atoms with E-state index in [4.69, 9.17) is 4.74 Å². The van der Waals surface area contributed by atoms with Gasteiger partial charge < -0.3 is 9.64 Å². The van der Waals surface area contributed by atoms with Gasteiger partial charge in [-0.25, -0.2) is 0 Å². The number of carbonyl (C=O) groups is 1. The molecule has 0 N–H and O–H groups in total. The molecule has 0 heterocycles. The first kappa shape index (κ1) is 14.9. The van der Waals surface area contributed by atoms with Gasteiger partial charge in [0.1, 0.15) is 0 Å². The van der Waals surface area contributed by atoms with Crippen LogP contribution < -0.4 is 0 Å². The van der Waals surface area contributed by atoms with Crippen molar-refractivity contribution >= 4 is 5.91 Å². The molecule has 13 heavy (non-hydrogen) atoms. The standard InChI is InChI=1S/C6H13NO.C4H10O/c1-5(2)7(4)6(3)8;1-4(2)5-3/h5H,1-4H3;4H,1-3H3. The molecule has 0 radical (unpaired) electrons. The van der Waals surface area contributed by atoms with Gasteiger partial charge in [0.15, 0.2) is 0 Å². The van der Waals surface area contributed by atoms with Crippen LogP contribution >= 0.6 is 0 Å². The zero-order valence-electron chi connectivity index (χ0n) is 9.92. The molecule has 0 fully saturated rings. The number of carbonyl (C=O) groups excluding carboxylic acids is 1. The van der Waals surface area contributed by atoms with Crippen LogP contribution in [0.5, 0.6) is 0 Å². The van der Waals surface area contributed by atoms with Gasteiger partial charge in [-0.05, 0) is 27.7 Å². The molecule has 3 nitrogen and oxygen atoms in total. The minimum Gasteiger partial charge on any atom is -0.382 e. The molecule has 0 aromatic heterocycles. The normalized spacial score (nSPS) is 9.62. The number of hydrogen-bond donors (Lipinski definition) is 0. The molecule has 0 saturated heterocycles. The number of methoxy groups -OCH3 is 1. The minimum absolute atomic E-state index is 0.125. The molecule has 0 aliphatic heterocycles. The van der Waals surface area contributed by atoms with Crippen molar-refractivity contribution in [3.8, 4) is 0 Å². The lowest BCUT2D eigenvalue weighted by Gasteiger charge is -2.18. The lowest BCUT2D eigenvalue weighted by molar-refractivity contribution is -0.128. The summed E-state index contributed by atoms with van der Waals surface area (Å²) in [5, 5.41) is 0. The highest BCUT2D eigenvalue weighted by Gasteiger charge is 2.03. The second-order valence-electron chi connectivity index (χ2n) is 3.51. The van der Waals surface area contributed by atoms with E-state index in [0.717, 1.165) is 0 Å². The fourth-order valence-corrected chi connectivity index (χ4v) is 0.364. The molecule has 0 atom stereocenters. The molecular formula is C10H23NO2. The van der Waals surface area contributed by atoms with Crippen molar-refractivity contribution in [1.29, 1.82) is 0 Å². The minimum atomic E-state index is 0.125. The molecule has 1 amide bonds. The smallest absolute Gasteiger partial charge is 0.219 e. The lowest BCUT2D eigenvalue weighted by Crippen LogP contribution is -2.30. The fraction of sp³-hybridized carbons (Fsp3) is 0.900. The molecule has 0 aliphatic rings. The van der Waals surface area contributed by atoms with Gasteiger partial charge in [-0.1, -0.05) is 0 Å². The average molecular weight is 189 g/mol. The summed E-state index contributed by atoms with van der Waals surface area (Å²) in [5.41, 5.74) is 0. The topological polar surface area (TPSA) is 29.5 Å². The summed E-state index contributed by atoms with van der Waals surface area (Å²) in [6, 6.07) is 0.326. The summed E-state index contributed by atoms with van der Waals surface area (Å²) in [6.45, 7) is 9.54. The van der Waals surface area contributed by atoms with Crippen molar-refractivity contribution in [1.82, 2.24) is 4.90 Å². The van der Waals surface area contributed by atoms with Gasteiger partial charge in [-0.3, -0.25) is 4.79 Å². The van der Waals surface area contributed by atoms with E-state index in [1.54, 1.807) is 26.0 Å². The van der Waals surface area contributed by atoms with Crippen LogP contribution in [0.4, 0.5) is 0 Å². The van der Waals surface area contributed by atoms with Crippen LogP contribution in [0.2, 0.25) is 0 Å². The third-order valence-corrected chi connectivity index (χ3v) is 1.74. The summed E-state index contributed by atoms with van der Waals surface area (Å²) in [5.74, 6) is 0.125. The second kappa shape index (κ2) is 8.05. The summed E-state index contributed by atoms with van der Waals surface area (Å²) in [4.78, 5) is 12.2. The largest absolute Gasteiger partial charge is 0.382 e. The molecule has 3 heteroatoms. The van der Waals surface area contributed by atoms with Crippen LogP contribution in [0.15, 0.2) is 0 Å². The van der Waals surface area contributed by atoms with E-state index in [1.165, 1.54) is 0 Å². The highest BCUT2D eigenvalue weighted by Crippen LogP contribution is 1.91. The Kier molecular flexibility index (Phi) is 9.24. The Morgan fingerprint density at radius 1 is 1.23 bits per heavy atom. The van der Waals surface area contributed by atoms with Crippen LogP contribution in [0.3, 0.4) is 0 Å². The fourth-order valence-electron chi connectivity index (χ4n) is 0.364. The third kappa shape index (κ3) is 11.4. The van der Waals surface area contributed by atoms with Crippen molar-refractivity contribution in [2.45, 2.75) is 46.8 Å². The summed E-state index contributed by atoms with van der Waals surface area (Å²) in [6.07, 6.45) is 0.384. The summed E-state index contributed by atoms with van der Waals surface area (Å²) < 4.78 is 4.75. The van der Waals surface area contributed by atoms with E-state index in [1.807, 2.05) is 27.7 Å². The van der Waals surface area contributed by atoms with Crippen molar-refractivity contribution < 1.29 is 9.53 Å². The summed E-state index contributed by atoms with van der Waals surface area (Å²) in [7, 11) is 3.50. The van der Waals surface area contributed by atoms with Gasteiger partial charge >= 0.3 is 0 Å². The maximum Gasteiger partial charge on any atom is 0.219 e. The van der Waals surface area contributed by atoms with Gasteiger partial charge in [-0.15, -0.1) is 0 Å². The van der Waals surface area contributed by atoms with Gasteiger partial charge in [0.2, 0.25) is 5.91 Å². The first-order valence-corrected chi connectivity index (χ1v) is 4.59. The average Bonchev–Trinajstić information content (AvgIpc) is 2.03. The van der Waals surface area contributed by atoms with E-state index in [0.29, 0.717) is 12.1 Å². The van der Waals surface area contributed by atoms with Crippen LogP contribution in [0.25, 0.3) is 0 Å². The van der Waals surface area contributed by atoms with Crippen molar-refractivity contribution in [3.05, 3.63) is 0 Å². The van der Waals surface area contributed by atoms with E-state index < -0.39 is 0 Å². The van der Waals surface area contributed by atoms with Crippen LogP contribution in [-0.2, 0) is 9.53 Å². The first-order valence-electron chi connectivity index (χ1n) is 4.59. The Morgan fingerprint density at radius 2 is 1.54 bits per heavy atom. The quantitative estimate of drug-likeness (QED) is 0.664. The van der Waals surface area contributed by atoms with E-state index in [-0.39, 0.29) is 5.91 Å². The zero-order chi connectivity index (χ0) is 11.0. The van der Waals surface area contributed by atoms with Crippen molar-refractivity contribution in [2.24, 2.45) is 0 Å². The van der Waals surface area contributed by atoms with Crippen LogP contribution in [-0.4, -0.2) is 37.1 Å². The highest BCUT2D eigenvalue weighted by molar-refractivity contribution is 5.73. The SMILES string of the molecule is CC(=O)N(C)C(C)C.COC(C)C. The number of nitrogens with zero attached hydrogens (tertiary/aromatic N) is 1. The highest BCUT2D eigenvalue weighted by atomic mass is 16.5. The van der Waals surface area contributed by atoms with E-state index >= 15 is 0 Å². The Bertz CT molecular complexity index is 133. The molecule has 0 bridgehead atoms. The maximum atomic E-state index is 10.5. The summed E-state index contributed by atoms with van der Waals surface area (Å²) >= 11 is 0. The Labute approximate surface area is 82.1 Å². The number of amides is 1. The first-order chi connectivity index (χ1) is 5.82. The Balaban J connectivity index is 0. The van der Waals surface area contributed by atoms with Crippen molar-refractivity contribution in [2.75, 3.05) is 14.2 Å². The zero-order valence-corrected chi connectivity index (χ0v) is 9.92. The molecule has 0 rings (SSSR count). The number of ether oxygens (including phenoxy) is 1. The van der Waals surface area contributed by atoms with Crippen LogP contribution in [0, 0.1) is 0 Å². The van der Waals surface area contributed by atoms with E-state index in [2.05, 4.69) is 0 Å². The van der Waals surface area contributed by atoms with Crippen LogP contribution in [0.1, 0.15) is 34.6 Å². The molecule has 0 aromatic rings.